The molecule has 0 spiro atoms. The third-order valence-electron chi connectivity index (χ3n) is 4.43. The van der Waals surface area contributed by atoms with Gasteiger partial charge in [-0.1, -0.05) is 0 Å². The quantitative estimate of drug-likeness (QED) is 0.294. The maximum Gasteiger partial charge on any atom is 0.407 e. The van der Waals surface area contributed by atoms with Crippen molar-refractivity contribution in [2.75, 3.05) is 57.0 Å². The molecular weight excluding hydrogens is 529 g/mol. The molecule has 0 radical (unpaired) electrons. The summed E-state index contributed by atoms with van der Waals surface area (Å²) in [4.78, 5) is 18.2. The lowest BCUT2D eigenvalue weighted by Gasteiger charge is -2.26. The highest BCUT2D eigenvalue weighted by Crippen LogP contribution is 2.14. The summed E-state index contributed by atoms with van der Waals surface area (Å²) in [6, 6.07) is -0.0250. The van der Waals surface area contributed by atoms with Crippen molar-refractivity contribution >= 4 is 57.8 Å². The minimum Gasteiger partial charge on any atom is -0.444 e. The van der Waals surface area contributed by atoms with Gasteiger partial charge < -0.3 is 20.3 Å². The van der Waals surface area contributed by atoms with E-state index in [0.717, 1.165) is 24.5 Å². The molecule has 2 fully saturated rings. The first-order valence-electron chi connectivity index (χ1n) is 9.61. The van der Waals surface area contributed by atoms with Crippen molar-refractivity contribution < 1.29 is 17.9 Å². The first kappa shape index (κ1) is 26.6. The molecular formula is C17H34IN5O4S2. The molecule has 0 aromatic carbocycles. The number of alkyl carbamates (subject to hydrolysis) is 1. The summed E-state index contributed by atoms with van der Waals surface area (Å²) in [5, 5.41) is 6.02. The van der Waals surface area contributed by atoms with Gasteiger partial charge in [0.1, 0.15) is 5.60 Å². The molecule has 0 bridgehead atoms. The molecule has 2 aliphatic heterocycles. The molecule has 0 aromatic rings. The normalized spacial score (nSPS) is 21.4. The van der Waals surface area contributed by atoms with Gasteiger partial charge >= 0.3 is 6.09 Å². The van der Waals surface area contributed by atoms with Gasteiger partial charge in [0.25, 0.3) is 0 Å². The van der Waals surface area contributed by atoms with E-state index in [-0.39, 0.29) is 35.8 Å². The fraction of sp³-hybridized carbons (Fsp3) is 0.882. The van der Waals surface area contributed by atoms with E-state index in [1.807, 2.05) is 25.7 Å². The number of nitrogens with zero attached hydrogens (tertiary/aromatic N) is 3. The maximum absolute atomic E-state index is 12.4. The fourth-order valence-corrected chi connectivity index (χ4v) is 5.61. The Kier molecular flexibility index (Phi) is 10.8. The summed E-state index contributed by atoms with van der Waals surface area (Å²) in [5.74, 6) is 2.41. The topological polar surface area (TPSA) is 103 Å². The number of nitrogens with one attached hydrogen (secondary N) is 2. The van der Waals surface area contributed by atoms with Gasteiger partial charge in [-0.3, -0.25) is 4.99 Å². The van der Waals surface area contributed by atoms with Gasteiger partial charge in [0.2, 0.25) is 10.0 Å². The average molecular weight is 564 g/mol. The Morgan fingerprint density at radius 3 is 2.48 bits per heavy atom. The molecule has 29 heavy (non-hydrogen) atoms. The van der Waals surface area contributed by atoms with E-state index in [2.05, 4.69) is 15.6 Å². The Hall–Kier alpha value is -0.470. The number of ether oxygens (including phenoxy) is 1. The molecule has 2 aliphatic rings. The predicted molar refractivity (Wildman–Crippen MR) is 129 cm³/mol. The average Bonchev–Trinajstić information content (AvgIpc) is 3.06. The number of hydrogen-bond donors (Lipinski definition) is 2. The number of thioether (sulfide) groups is 1. The number of guanidine groups is 1. The van der Waals surface area contributed by atoms with E-state index in [1.165, 1.54) is 0 Å². The highest BCUT2D eigenvalue weighted by atomic mass is 127. The largest absolute Gasteiger partial charge is 0.444 e. The minimum absolute atomic E-state index is 0. The van der Waals surface area contributed by atoms with Crippen LogP contribution in [0.4, 0.5) is 4.79 Å². The summed E-state index contributed by atoms with van der Waals surface area (Å²) in [7, 11) is -1.57. The first-order valence-corrected chi connectivity index (χ1v) is 12.4. The molecule has 9 nitrogen and oxygen atoms in total. The van der Waals surface area contributed by atoms with E-state index in [1.54, 1.807) is 23.1 Å². The molecule has 0 aromatic heterocycles. The van der Waals surface area contributed by atoms with Crippen molar-refractivity contribution in [2.45, 2.75) is 38.8 Å². The Bertz CT molecular complexity index is 663. The Labute approximate surface area is 195 Å². The van der Waals surface area contributed by atoms with Gasteiger partial charge in [-0.15, -0.1) is 24.0 Å². The minimum atomic E-state index is -3.24. The Morgan fingerprint density at radius 2 is 1.90 bits per heavy atom. The lowest BCUT2D eigenvalue weighted by molar-refractivity contribution is 0.0507. The number of hydrogen-bond acceptors (Lipinski definition) is 6. The van der Waals surface area contributed by atoms with Gasteiger partial charge in [-0.2, -0.15) is 11.8 Å². The lowest BCUT2D eigenvalue weighted by atomic mass is 10.2. The monoisotopic (exact) mass is 563 g/mol. The second-order valence-corrected chi connectivity index (χ2v) is 11.2. The summed E-state index contributed by atoms with van der Waals surface area (Å²) in [6.45, 7) is 8.31. The van der Waals surface area contributed by atoms with Crippen molar-refractivity contribution in [1.82, 2.24) is 19.8 Å². The first-order chi connectivity index (χ1) is 13.1. The van der Waals surface area contributed by atoms with Crippen LogP contribution in [0.3, 0.4) is 0 Å². The molecule has 1 unspecified atom stereocenters. The summed E-state index contributed by atoms with van der Waals surface area (Å²) in [5.41, 5.74) is -0.529. The molecule has 2 saturated heterocycles. The molecule has 2 N–H and O–H groups in total. The highest BCUT2D eigenvalue weighted by molar-refractivity contribution is 14.0. The van der Waals surface area contributed by atoms with Gasteiger partial charge in [-0.05, 0) is 27.2 Å². The second-order valence-electron chi connectivity index (χ2n) is 7.88. The summed E-state index contributed by atoms with van der Waals surface area (Å²) >= 11 is 1.78. The van der Waals surface area contributed by atoms with Gasteiger partial charge in [0.05, 0.1) is 11.8 Å². The number of carbonyl (C=O) groups excluding carboxylic acids is 1. The van der Waals surface area contributed by atoms with E-state index in [4.69, 9.17) is 4.74 Å². The molecule has 12 heteroatoms. The number of sulfonamides is 1. The van der Waals surface area contributed by atoms with Gasteiger partial charge in [0, 0.05) is 51.3 Å². The third kappa shape index (κ3) is 9.05. The molecule has 0 aliphatic carbocycles. The SMILES string of the molecule is CN=C(NCCS(=O)(=O)N1CCSCC1)N1CCC(NC(=O)OC(C)(C)C)C1.I. The van der Waals surface area contributed by atoms with E-state index in [9.17, 15) is 13.2 Å². The molecule has 2 rings (SSSR count). The van der Waals surface area contributed by atoms with Crippen molar-refractivity contribution in [3.8, 4) is 0 Å². The number of halogens is 1. The zero-order valence-electron chi connectivity index (χ0n) is 17.6. The van der Waals surface area contributed by atoms with Crippen molar-refractivity contribution in [3.05, 3.63) is 0 Å². The van der Waals surface area contributed by atoms with E-state index >= 15 is 0 Å². The summed E-state index contributed by atoms with van der Waals surface area (Å²) in [6.07, 6.45) is 0.358. The molecule has 2 heterocycles. The maximum atomic E-state index is 12.4. The third-order valence-corrected chi connectivity index (χ3v) is 7.24. The van der Waals surface area contributed by atoms with Crippen LogP contribution in [0.2, 0.25) is 0 Å². The molecule has 1 amide bonds. The van der Waals surface area contributed by atoms with Crippen molar-refractivity contribution in [3.63, 3.8) is 0 Å². The van der Waals surface area contributed by atoms with Crippen LogP contribution < -0.4 is 10.6 Å². The number of likely N-dealkylation sites (tertiary alicyclic amines) is 1. The van der Waals surface area contributed by atoms with Crippen LogP contribution in [0, 0.1) is 0 Å². The zero-order chi connectivity index (χ0) is 20.8. The van der Waals surface area contributed by atoms with Crippen molar-refractivity contribution in [1.29, 1.82) is 0 Å². The number of aliphatic imine (C=N–C) groups is 1. The molecule has 1 atom stereocenters. The smallest absolute Gasteiger partial charge is 0.407 e. The Balaban J connectivity index is 0.00000420. The van der Waals surface area contributed by atoms with E-state index in [0.29, 0.717) is 32.1 Å². The number of carbonyl (C=O) groups is 1. The van der Waals surface area contributed by atoms with Gasteiger partial charge in [-0.25, -0.2) is 17.5 Å². The van der Waals surface area contributed by atoms with Crippen LogP contribution in [0.15, 0.2) is 4.99 Å². The fourth-order valence-electron chi connectivity index (χ4n) is 3.12. The van der Waals surface area contributed by atoms with Crippen LogP contribution >= 0.6 is 35.7 Å². The highest BCUT2D eigenvalue weighted by Gasteiger charge is 2.28. The van der Waals surface area contributed by atoms with Crippen molar-refractivity contribution in [2.24, 2.45) is 4.99 Å². The second kappa shape index (κ2) is 11.8. The summed E-state index contributed by atoms with van der Waals surface area (Å²) < 4.78 is 31.7. The number of amides is 1. The van der Waals surface area contributed by atoms with Crippen LogP contribution in [0.25, 0.3) is 0 Å². The Morgan fingerprint density at radius 1 is 1.24 bits per heavy atom. The van der Waals surface area contributed by atoms with Crippen LogP contribution in [-0.2, 0) is 14.8 Å². The van der Waals surface area contributed by atoms with E-state index < -0.39 is 21.7 Å². The number of rotatable bonds is 5. The molecule has 0 saturated carbocycles. The van der Waals surface area contributed by atoms with Crippen LogP contribution in [0.1, 0.15) is 27.2 Å². The van der Waals surface area contributed by atoms with Gasteiger partial charge in [0.15, 0.2) is 5.96 Å². The standard InChI is InChI=1S/C17H33N5O4S2.HI/c1-17(2,3)26-16(23)20-14-5-7-21(13-14)15(18-4)19-6-12-28(24,25)22-8-10-27-11-9-22;/h14H,5-13H2,1-4H3,(H,18,19)(H,20,23);1H. The molecule has 170 valence electrons. The zero-order valence-corrected chi connectivity index (χ0v) is 21.6. The lowest BCUT2D eigenvalue weighted by Crippen LogP contribution is -2.46. The van der Waals surface area contributed by atoms with Crippen LogP contribution in [-0.4, -0.2) is 98.3 Å². The predicted octanol–water partition coefficient (Wildman–Crippen LogP) is 1.16. The van der Waals surface area contributed by atoms with Crippen LogP contribution in [0.5, 0.6) is 0 Å².